The molecule has 0 radical (unpaired) electrons. The maximum atomic E-state index is 10.7. The summed E-state index contributed by atoms with van der Waals surface area (Å²) < 4.78 is 10.4. The van der Waals surface area contributed by atoms with E-state index in [4.69, 9.17) is 20.9 Å². The summed E-state index contributed by atoms with van der Waals surface area (Å²) in [5, 5.41) is 14.8. The minimum atomic E-state index is -0.513. The van der Waals surface area contributed by atoms with Gasteiger partial charge >= 0.3 is 0 Å². The summed E-state index contributed by atoms with van der Waals surface area (Å²) in [6.45, 7) is 0.0284. The highest BCUT2D eigenvalue weighted by Gasteiger charge is 2.28. The van der Waals surface area contributed by atoms with Crippen LogP contribution in [0.1, 0.15) is 30.5 Å². The number of nitrogens with zero attached hydrogens (tertiary/aromatic N) is 3. The number of non-ortho nitro benzene ring substituents is 1. The summed E-state index contributed by atoms with van der Waals surface area (Å²) in [5.41, 5.74) is -0.0893. The molecule has 104 valence electrons. The molecular weight excluding hydrogens is 286 g/mol. The van der Waals surface area contributed by atoms with Crippen LogP contribution in [0.4, 0.5) is 5.69 Å². The Morgan fingerprint density at radius 2 is 2.30 bits per heavy atom. The third kappa shape index (κ3) is 2.72. The van der Waals surface area contributed by atoms with Crippen molar-refractivity contribution in [2.45, 2.75) is 25.4 Å². The smallest absolute Gasteiger partial charge is 0.273 e. The lowest BCUT2D eigenvalue weighted by Gasteiger charge is -2.04. The number of halogens is 1. The number of rotatable bonds is 5. The zero-order chi connectivity index (χ0) is 14.1. The molecule has 2 aromatic rings. The molecule has 20 heavy (non-hydrogen) atoms. The molecule has 0 aliphatic heterocycles. The predicted molar refractivity (Wildman–Crippen MR) is 68.7 cm³/mol. The van der Waals surface area contributed by atoms with Crippen molar-refractivity contribution in [3.05, 3.63) is 45.1 Å². The standard InChI is InChI=1S/C12H10ClN3O4/c13-9-4-3-8(16(17)18)5-10(9)19-6-11-14-12(15-20-11)7-1-2-7/h3-5,7H,1-2,6H2. The van der Waals surface area contributed by atoms with Gasteiger partial charge < -0.3 is 9.26 Å². The molecule has 8 heteroatoms. The Balaban J connectivity index is 1.70. The first-order chi connectivity index (χ1) is 9.63. The van der Waals surface area contributed by atoms with Crippen LogP contribution in [-0.2, 0) is 6.61 Å². The lowest BCUT2D eigenvalue weighted by atomic mass is 10.3. The van der Waals surface area contributed by atoms with Crippen molar-refractivity contribution in [2.75, 3.05) is 0 Å². The summed E-state index contributed by atoms with van der Waals surface area (Å²) in [6.07, 6.45) is 2.16. The van der Waals surface area contributed by atoms with E-state index < -0.39 is 4.92 Å². The molecule has 0 unspecified atom stereocenters. The Bertz CT molecular complexity index is 654. The van der Waals surface area contributed by atoms with Gasteiger partial charge in [-0.2, -0.15) is 4.98 Å². The number of nitro groups is 1. The molecule has 0 atom stereocenters. The minimum absolute atomic E-state index is 0.0284. The van der Waals surface area contributed by atoms with Crippen molar-refractivity contribution in [2.24, 2.45) is 0 Å². The highest BCUT2D eigenvalue weighted by Crippen LogP contribution is 2.38. The van der Waals surface area contributed by atoms with E-state index in [1.165, 1.54) is 18.2 Å². The van der Waals surface area contributed by atoms with E-state index in [0.29, 0.717) is 17.6 Å². The molecule has 1 aliphatic rings. The average Bonchev–Trinajstić information content (AvgIpc) is 3.17. The van der Waals surface area contributed by atoms with Gasteiger partial charge in [-0.15, -0.1) is 0 Å². The van der Waals surface area contributed by atoms with E-state index in [2.05, 4.69) is 10.1 Å². The highest BCUT2D eigenvalue weighted by molar-refractivity contribution is 6.32. The second-order valence-electron chi connectivity index (χ2n) is 4.48. The molecule has 1 aromatic carbocycles. The maximum Gasteiger partial charge on any atom is 0.273 e. The Morgan fingerprint density at radius 1 is 1.50 bits per heavy atom. The largest absolute Gasteiger partial charge is 0.482 e. The molecule has 0 saturated heterocycles. The van der Waals surface area contributed by atoms with E-state index >= 15 is 0 Å². The number of hydrogen-bond donors (Lipinski definition) is 0. The zero-order valence-electron chi connectivity index (χ0n) is 10.3. The van der Waals surface area contributed by atoms with Crippen LogP contribution < -0.4 is 4.74 Å². The molecule has 1 saturated carbocycles. The fraction of sp³-hybridized carbons (Fsp3) is 0.333. The van der Waals surface area contributed by atoms with Crippen LogP contribution in [0.3, 0.4) is 0 Å². The van der Waals surface area contributed by atoms with Gasteiger partial charge in [0.05, 0.1) is 16.0 Å². The Hall–Kier alpha value is -2.15. The van der Waals surface area contributed by atoms with Crippen LogP contribution >= 0.6 is 11.6 Å². The van der Waals surface area contributed by atoms with Gasteiger partial charge in [0, 0.05) is 12.0 Å². The third-order valence-electron chi connectivity index (χ3n) is 2.90. The second kappa shape index (κ2) is 5.09. The van der Waals surface area contributed by atoms with Gasteiger partial charge in [0.1, 0.15) is 5.75 Å². The van der Waals surface area contributed by atoms with Crippen molar-refractivity contribution in [3.8, 4) is 5.75 Å². The van der Waals surface area contributed by atoms with Gasteiger partial charge in [0.15, 0.2) is 12.4 Å². The first-order valence-corrected chi connectivity index (χ1v) is 6.40. The summed E-state index contributed by atoms with van der Waals surface area (Å²) in [6, 6.07) is 3.99. The predicted octanol–water partition coefficient (Wildman–Crippen LogP) is 3.09. The number of ether oxygens (including phenoxy) is 1. The van der Waals surface area contributed by atoms with E-state index in [1.807, 2.05) is 0 Å². The highest BCUT2D eigenvalue weighted by atomic mass is 35.5. The lowest BCUT2D eigenvalue weighted by Crippen LogP contribution is -1.98. The van der Waals surface area contributed by atoms with Crippen LogP contribution in [0.2, 0.25) is 5.02 Å². The Morgan fingerprint density at radius 3 is 3.00 bits per heavy atom. The van der Waals surface area contributed by atoms with E-state index in [0.717, 1.165) is 12.8 Å². The maximum absolute atomic E-state index is 10.7. The first-order valence-electron chi connectivity index (χ1n) is 6.02. The molecule has 1 heterocycles. The first kappa shape index (κ1) is 12.9. The normalized spacial score (nSPS) is 14.2. The van der Waals surface area contributed by atoms with Gasteiger partial charge in [0.2, 0.25) is 0 Å². The third-order valence-corrected chi connectivity index (χ3v) is 3.22. The average molecular weight is 296 g/mol. The number of aromatic nitrogens is 2. The zero-order valence-corrected chi connectivity index (χ0v) is 11.0. The molecule has 0 spiro atoms. The Labute approximate surface area is 118 Å². The molecule has 7 nitrogen and oxygen atoms in total. The summed E-state index contributed by atoms with van der Waals surface area (Å²) >= 11 is 5.92. The molecule has 3 rings (SSSR count). The van der Waals surface area contributed by atoms with Gasteiger partial charge in [-0.1, -0.05) is 16.8 Å². The van der Waals surface area contributed by atoms with Crippen molar-refractivity contribution < 1.29 is 14.2 Å². The van der Waals surface area contributed by atoms with Crippen molar-refractivity contribution in [1.82, 2.24) is 10.1 Å². The molecule has 0 N–H and O–H groups in total. The van der Waals surface area contributed by atoms with Crippen molar-refractivity contribution >= 4 is 17.3 Å². The van der Waals surface area contributed by atoms with Crippen LogP contribution in [0.25, 0.3) is 0 Å². The van der Waals surface area contributed by atoms with Crippen molar-refractivity contribution in [3.63, 3.8) is 0 Å². The fourth-order valence-corrected chi connectivity index (χ4v) is 1.86. The van der Waals surface area contributed by atoms with Crippen LogP contribution in [0, 0.1) is 10.1 Å². The summed E-state index contributed by atoms with van der Waals surface area (Å²) in [4.78, 5) is 14.4. The number of nitro benzene ring substituents is 1. The molecule has 1 aliphatic carbocycles. The second-order valence-corrected chi connectivity index (χ2v) is 4.89. The van der Waals surface area contributed by atoms with E-state index in [-0.39, 0.29) is 23.1 Å². The van der Waals surface area contributed by atoms with E-state index in [9.17, 15) is 10.1 Å². The topological polar surface area (TPSA) is 91.3 Å². The Kier molecular flexibility index (Phi) is 3.27. The lowest BCUT2D eigenvalue weighted by molar-refractivity contribution is -0.384. The monoisotopic (exact) mass is 295 g/mol. The SMILES string of the molecule is O=[N+]([O-])c1ccc(Cl)c(OCc2nc(C3CC3)no2)c1. The van der Waals surface area contributed by atoms with Crippen LogP contribution in [0.5, 0.6) is 5.75 Å². The minimum Gasteiger partial charge on any atom is -0.482 e. The summed E-state index contributed by atoms with van der Waals surface area (Å²) in [5.74, 6) is 1.63. The molecule has 1 aromatic heterocycles. The van der Waals surface area contributed by atoms with Crippen molar-refractivity contribution in [1.29, 1.82) is 0 Å². The fourth-order valence-electron chi connectivity index (χ4n) is 1.69. The quantitative estimate of drug-likeness (QED) is 0.622. The van der Waals surface area contributed by atoms with Gasteiger partial charge in [-0.3, -0.25) is 10.1 Å². The van der Waals surface area contributed by atoms with Gasteiger partial charge in [-0.05, 0) is 18.9 Å². The molecular formula is C12H10ClN3O4. The van der Waals surface area contributed by atoms with E-state index in [1.54, 1.807) is 0 Å². The van der Waals surface area contributed by atoms with Gasteiger partial charge in [0.25, 0.3) is 11.6 Å². The van der Waals surface area contributed by atoms with Gasteiger partial charge in [-0.25, -0.2) is 0 Å². The number of benzene rings is 1. The summed E-state index contributed by atoms with van der Waals surface area (Å²) in [7, 11) is 0. The van der Waals surface area contributed by atoms with Crippen LogP contribution in [-0.4, -0.2) is 15.1 Å². The van der Waals surface area contributed by atoms with Crippen LogP contribution in [0.15, 0.2) is 22.7 Å². The molecule has 0 amide bonds. The molecule has 0 bridgehead atoms. The molecule has 1 fully saturated rings. The number of hydrogen-bond acceptors (Lipinski definition) is 6.